The summed E-state index contributed by atoms with van der Waals surface area (Å²) in [6.07, 6.45) is 0. The lowest BCUT2D eigenvalue weighted by Crippen LogP contribution is -2.38. The van der Waals surface area contributed by atoms with Gasteiger partial charge in [-0.05, 0) is 116 Å². The maximum absolute atomic E-state index is 14.7. The molecule has 15 nitrogen and oxygen atoms in total. The first-order valence-electron chi connectivity index (χ1n) is 33.9. The van der Waals surface area contributed by atoms with E-state index < -0.39 is 43.1 Å². The van der Waals surface area contributed by atoms with Crippen LogP contribution in [0.25, 0.3) is 65.4 Å². The molecule has 104 heavy (non-hydrogen) atoms. The number of carbonyl (C=O) groups excluding carboxylic acids is 9. The third-order valence-corrected chi connectivity index (χ3v) is 19.0. The van der Waals surface area contributed by atoms with Crippen LogP contribution in [0.15, 0.2) is 291 Å². The lowest BCUT2D eigenvalue weighted by Gasteiger charge is -2.28. The molecule has 0 atom stereocenters. The predicted molar refractivity (Wildman–Crippen MR) is 399 cm³/mol. The van der Waals surface area contributed by atoms with E-state index in [4.69, 9.17) is 14.2 Å². The number of hydrogen-bond donors (Lipinski definition) is 0. The van der Waals surface area contributed by atoms with Crippen molar-refractivity contribution in [1.82, 2.24) is 13.7 Å². The summed E-state index contributed by atoms with van der Waals surface area (Å²) < 4.78 is 23.9. The van der Waals surface area contributed by atoms with Gasteiger partial charge >= 0.3 is 17.9 Å². The highest BCUT2D eigenvalue weighted by Gasteiger charge is 2.33. The molecule has 0 spiro atoms. The zero-order valence-corrected chi connectivity index (χ0v) is 56.2. The van der Waals surface area contributed by atoms with Gasteiger partial charge in [-0.25, -0.2) is 0 Å². The molecular formula is C89H63N3O12. The van der Waals surface area contributed by atoms with Crippen LogP contribution in [0.3, 0.4) is 0 Å². The summed E-state index contributed by atoms with van der Waals surface area (Å²) in [6, 6.07) is 84.4. The Labute approximate surface area is 595 Å². The molecule has 0 aliphatic carbocycles. The molecule has 0 bridgehead atoms. The lowest BCUT2D eigenvalue weighted by atomic mass is 9.94. The van der Waals surface area contributed by atoms with Crippen LogP contribution in [0.5, 0.6) is 0 Å². The van der Waals surface area contributed by atoms with E-state index in [2.05, 4.69) is 0 Å². The van der Waals surface area contributed by atoms with Crippen molar-refractivity contribution in [2.45, 2.75) is 26.6 Å². The van der Waals surface area contributed by atoms with Gasteiger partial charge in [0.1, 0.15) is 39.5 Å². The van der Waals surface area contributed by atoms with Crippen LogP contribution in [-0.2, 0) is 48.2 Å². The average Bonchev–Trinajstić information content (AvgIpc) is 1.61. The Balaban J connectivity index is 0.749. The molecule has 15 rings (SSSR count). The summed E-state index contributed by atoms with van der Waals surface area (Å²) in [7, 11) is 0. The first-order valence-corrected chi connectivity index (χ1v) is 33.9. The van der Waals surface area contributed by atoms with E-state index in [0.29, 0.717) is 132 Å². The normalized spacial score (nSPS) is 11.5. The van der Waals surface area contributed by atoms with Gasteiger partial charge in [-0.1, -0.05) is 182 Å². The maximum Gasteiger partial charge on any atom is 0.325 e. The molecule has 0 saturated heterocycles. The lowest BCUT2D eigenvalue weighted by molar-refractivity contribution is -0.161. The molecule has 0 aliphatic rings. The number of hydrogen-bond acceptors (Lipinski definition) is 12. The molecule has 0 fully saturated rings. The van der Waals surface area contributed by atoms with Crippen molar-refractivity contribution in [3.05, 3.63) is 358 Å². The van der Waals surface area contributed by atoms with Crippen molar-refractivity contribution in [1.29, 1.82) is 0 Å². The second-order valence-corrected chi connectivity index (χ2v) is 26.1. The highest BCUT2D eigenvalue weighted by atomic mass is 16.6. The van der Waals surface area contributed by atoms with Crippen molar-refractivity contribution >= 4 is 118 Å². The molecule has 506 valence electrons. The van der Waals surface area contributed by atoms with Crippen LogP contribution in [-0.4, -0.2) is 86.1 Å². The smallest absolute Gasteiger partial charge is 0.325 e. The van der Waals surface area contributed by atoms with Crippen LogP contribution < -0.4 is 0 Å². The third kappa shape index (κ3) is 13.2. The van der Waals surface area contributed by atoms with Crippen molar-refractivity contribution in [2.24, 2.45) is 5.41 Å². The van der Waals surface area contributed by atoms with Gasteiger partial charge in [-0.2, -0.15) is 0 Å². The number of rotatable bonds is 24. The van der Waals surface area contributed by atoms with Crippen molar-refractivity contribution < 1.29 is 57.4 Å². The molecule has 15 heteroatoms. The number of aromatic nitrogens is 3. The summed E-state index contributed by atoms with van der Waals surface area (Å²) >= 11 is 0. The molecule has 0 N–H and O–H groups in total. The Kier molecular flexibility index (Phi) is 18.0. The summed E-state index contributed by atoms with van der Waals surface area (Å²) in [4.78, 5) is 128. The summed E-state index contributed by atoms with van der Waals surface area (Å²) in [5, 5.41) is 3.65. The van der Waals surface area contributed by atoms with Crippen LogP contribution in [0.2, 0.25) is 0 Å². The van der Waals surface area contributed by atoms with Crippen LogP contribution in [0.1, 0.15) is 102 Å². The van der Waals surface area contributed by atoms with Gasteiger partial charge in [0.25, 0.3) is 0 Å². The fraction of sp³-hybridized carbons (Fsp3) is 0.0899. The summed E-state index contributed by atoms with van der Waals surface area (Å²) in [6.45, 7) is -0.727. The van der Waals surface area contributed by atoms with Crippen LogP contribution in [0, 0.1) is 5.41 Å². The number of ketones is 6. The van der Waals surface area contributed by atoms with Gasteiger partial charge in [0.2, 0.25) is 0 Å². The number of ether oxygens (including phenoxy) is 3. The molecule has 0 aliphatic heterocycles. The van der Waals surface area contributed by atoms with E-state index >= 15 is 0 Å². The molecule has 15 aromatic rings. The van der Waals surface area contributed by atoms with Gasteiger partial charge in [0.15, 0.2) is 34.7 Å². The number of esters is 3. The summed E-state index contributed by atoms with van der Waals surface area (Å²) in [5.74, 6) is -3.47. The maximum atomic E-state index is 14.7. The number of benzene rings is 12. The highest BCUT2D eigenvalue weighted by Crippen LogP contribution is 2.37. The zero-order chi connectivity index (χ0) is 71.6. The summed E-state index contributed by atoms with van der Waals surface area (Å²) in [5.41, 5.74) is 7.25. The second-order valence-electron chi connectivity index (χ2n) is 26.1. The second kappa shape index (κ2) is 28.2. The van der Waals surface area contributed by atoms with Crippen molar-refractivity contribution in [3.8, 4) is 0 Å². The fourth-order valence-electron chi connectivity index (χ4n) is 13.6. The predicted octanol–water partition coefficient (Wildman–Crippen LogP) is 16.4. The molecule has 12 aromatic carbocycles. The quantitative estimate of drug-likeness (QED) is 0.0316. The Morgan fingerprint density at radius 1 is 0.231 bits per heavy atom. The minimum Gasteiger partial charge on any atom is -0.464 e. The van der Waals surface area contributed by atoms with Gasteiger partial charge < -0.3 is 27.9 Å². The van der Waals surface area contributed by atoms with E-state index in [1.807, 2.05) is 36.4 Å². The molecule has 3 heterocycles. The van der Waals surface area contributed by atoms with E-state index in [1.54, 1.807) is 275 Å². The Bertz CT molecular complexity index is 5060. The van der Waals surface area contributed by atoms with Crippen LogP contribution in [0.4, 0.5) is 0 Å². The molecular weight excluding hydrogens is 1300 g/mol. The first-order chi connectivity index (χ1) is 50.6. The van der Waals surface area contributed by atoms with E-state index in [-0.39, 0.29) is 54.3 Å². The Morgan fingerprint density at radius 2 is 0.394 bits per heavy atom. The Morgan fingerprint density at radius 3 is 0.558 bits per heavy atom. The molecule has 0 unspecified atom stereocenters. The van der Waals surface area contributed by atoms with Crippen LogP contribution >= 0.6 is 0 Å². The van der Waals surface area contributed by atoms with Gasteiger partial charge in [-0.3, -0.25) is 43.2 Å². The topological polar surface area (TPSA) is 196 Å². The van der Waals surface area contributed by atoms with Gasteiger partial charge in [-0.15, -0.1) is 0 Å². The first kappa shape index (κ1) is 66.4. The standard InChI is InChI=1S/C89H63N3O12/c1-89(53-102-80(93)50-90-74-38-32-62(83(96)56-20-8-2-9-21-56)44-68(74)69-45-63(33-39-75(69)90)84(97)57-22-10-3-11-23-57,54-103-81(94)51-91-76-40-34-64(85(98)58-24-12-4-13-25-58)46-70(76)71-47-65(35-41-77(71)91)86(99)59-26-14-5-15-27-59)55-104-82(95)52-92-78-42-36-66(87(100)60-28-16-6-17-29-60)48-72(78)73-49-67(37-43-79(73)92)88(101)61-30-18-7-19-31-61/h2-49H,50-55H2,1H3. The van der Waals surface area contributed by atoms with E-state index in [9.17, 15) is 43.2 Å². The fourth-order valence-corrected chi connectivity index (χ4v) is 13.6. The third-order valence-electron chi connectivity index (χ3n) is 19.0. The Hall–Kier alpha value is -13.5. The number of nitrogens with zero attached hydrogens (tertiary/aromatic N) is 3. The van der Waals surface area contributed by atoms with Crippen molar-refractivity contribution in [2.75, 3.05) is 19.8 Å². The van der Waals surface area contributed by atoms with Crippen molar-refractivity contribution in [3.63, 3.8) is 0 Å². The minimum atomic E-state index is -1.43. The zero-order valence-electron chi connectivity index (χ0n) is 56.2. The molecule has 0 radical (unpaired) electrons. The average molecular weight is 1370 g/mol. The SMILES string of the molecule is CC(COC(=O)Cn1c2ccc(C(=O)c3ccccc3)cc2c2cc(C(=O)c3ccccc3)ccc21)(COC(=O)Cn1c2ccc(C(=O)c3ccccc3)cc2c2cc(C(=O)c3ccccc3)ccc21)COC(=O)Cn1c2ccc(C(=O)c3ccccc3)cc2c2cc(C(=O)c3ccccc3)ccc21. The number of carbonyl (C=O) groups is 9. The van der Waals surface area contributed by atoms with E-state index in [0.717, 1.165) is 0 Å². The molecule has 3 aromatic heterocycles. The monoisotopic (exact) mass is 1370 g/mol. The van der Waals surface area contributed by atoms with Gasteiger partial charge in [0, 0.05) is 132 Å². The molecule has 0 amide bonds. The molecule has 0 saturated carbocycles. The highest BCUT2D eigenvalue weighted by molar-refractivity contribution is 6.21. The minimum absolute atomic E-state index is 0.219. The number of fused-ring (bicyclic) bond motifs is 9. The van der Waals surface area contributed by atoms with E-state index in [1.165, 1.54) is 0 Å². The largest absolute Gasteiger partial charge is 0.464 e. The van der Waals surface area contributed by atoms with Gasteiger partial charge in [0.05, 0.1) is 5.41 Å².